The fraction of sp³-hybridized carbons (Fsp3) is 0.727. The summed E-state index contributed by atoms with van der Waals surface area (Å²) in [6.07, 6.45) is 2.27. The SMILES string of the molecule is CC(=O)NCCNC(=O)NC1(CC(=O)O)CCC1. The number of hydrogen-bond donors (Lipinski definition) is 4. The Bertz CT molecular complexity index is 339. The summed E-state index contributed by atoms with van der Waals surface area (Å²) in [5, 5.41) is 16.6. The Morgan fingerprint density at radius 1 is 1.17 bits per heavy atom. The van der Waals surface area contributed by atoms with Crippen LogP contribution < -0.4 is 16.0 Å². The van der Waals surface area contributed by atoms with Crippen LogP contribution in [-0.4, -0.2) is 41.6 Å². The van der Waals surface area contributed by atoms with Gasteiger partial charge in [-0.1, -0.05) is 0 Å². The number of carbonyl (C=O) groups excluding carboxylic acids is 2. The van der Waals surface area contributed by atoms with Crippen molar-refractivity contribution < 1.29 is 19.5 Å². The van der Waals surface area contributed by atoms with Crippen LogP contribution in [0.5, 0.6) is 0 Å². The monoisotopic (exact) mass is 257 g/mol. The van der Waals surface area contributed by atoms with Crippen molar-refractivity contribution in [1.29, 1.82) is 0 Å². The first-order valence-corrected chi connectivity index (χ1v) is 5.96. The zero-order valence-corrected chi connectivity index (χ0v) is 10.4. The summed E-state index contributed by atoms with van der Waals surface area (Å²) < 4.78 is 0. The maximum atomic E-state index is 11.5. The summed E-state index contributed by atoms with van der Waals surface area (Å²) in [5.74, 6) is -1.06. The van der Waals surface area contributed by atoms with Gasteiger partial charge in [0.15, 0.2) is 0 Å². The van der Waals surface area contributed by atoms with Gasteiger partial charge in [-0.3, -0.25) is 9.59 Å². The van der Waals surface area contributed by atoms with Gasteiger partial charge < -0.3 is 21.1 Å². The smallest absolute Gasteiger partial charge is 0.315 e. The Morgan fingerprint density at radius 3 is 2.22 bits per heavy atom. The van der Waals surface area contributed by atoms with Crippen molar-refractivity contribution in [3.05, 3.63) is 0 Å². The van der Waals surface area contributed by atoms with E-state index in [2.05, 4.69) is 16.0 Å². The molecule has 0 saturated heterocycles. The molecule has 0 aliphatic heterocycles. The fourth-order valence-electron chi connectivity index (χ4n) is 1.94. The van der Waals surface area contributed by atoms with Crippen molar-refractivity contribution >= 4 is 17.9 Å². The maximum absolute atomic E-state index is 11.5. The average molecular weight is 257 g/mol. The first-order chi connectivity index (χ1) is 8.43. The molecule has 0 heterocycles. The maximum Gasteiger partial charge on any atom is 0.315 e. The second kappa shape index (κ2) is 6.23. The van der Waals surface area contributed by atoms with E-state index in [0.717, 1.165) is 6.42 Å². The highest BCUT2D eigenvalue weighted by atomic mass is 16.4. The Morgan fingerprint density at radius 2 is 1.78 bits per heavy atom. The van der Waals surface area contributed by atoms with Gasteiger partial charge in [-0.15, -0.1) is 0 Å². The molecule has 1 rings (SSSR count). The Hall–Kier alpha value is -1.79. The third-order valence-corrected chi connectivity index (χ3v) is 2.96. The van der Waals surface area contributed by atoms with Crippen molar-refractivity contribution in [2.75, 3.05) is 13.1 Å². The predicted octanol–water partition coefficient (Wildman–Crippen LogP) is -0.181. The summed E-state index contributed by atoms with van der Waals surface area (Å²) in [5.41, 5.74) is -0.593. The predicted molar refractivity (Wildman–Crippen MR) is 64.1 cm³/mol. The van der Waals surface area contributed by atoms with Gasteiger partial charge in [0.05, 0.1) is 12.0 Å². The summed E-state index contributed by atoms with van der Waals surface area (Å²) >= 11 is 0. The molecule has 0 bridgehead atoms. The van der Waals surface area contributed by atoms with Crippen LogP contribution in [0.1, 0.15) is 32.6 Å². The Balaban J connectivity index is 2.25. The summed E-state index contributed by atoms with van der Waals surface area (Å²) in [6.45, 7) is 2.07. The van der Waals surface area contributed by atoms with Gasteiger partial charge in [0.25, 0.3) is 0 Å². The minimum absolute atomic E-state index is 0.0495. The second-order valence-electron chi connectivity index (χ2n) is 4.57. The first-order valence-electron chi connectivity index (χ1n) is 5.96. The molecular weight excluding hydrogens is 238 g/mol. The molecule has 18 heavy (non-hydrogen) atoms. The average Bonchev–Trinajstić information content (AvgIpc) is 2.20. The molecule has 1 fully saturated rings. The molecular formula is C11H19N3O4. The number of carboxylic acids is 1. The zero-order chi connectivity index (χ0) is 13.6. The van der Waals surface area contributed by atoms with Gasteiger partial charge in [0, 0.05) is 20.0 Å². The van der Waals surface area contributed by atoms with Crippen LogP contribution in [0.4, 0.5) is 4.79 Å². The topological polar surface area (TPSA) is 108 Å². The molecule has 4 N–H and O–H groups in total. The minimum Gasteiger partial charge on any atom is -0.481 e. The number of hydrogen-bond acceptors (Lipinski definition) is 3. The number of rotatable bonds is 6. The Labute approximate surface area is 105 Å². The van der Waals surface area contributed by atoms with E-state index in [9.17, 15) is 14.4 Å². The number of carboxylic acid groups (broad SMARTS) is 1. The standard InChI is InChI=1S/C11H19N3O4/c1-8(15)12-5-6-13-10(18)14-11(3-2-4-11)7-9(16)17/h2-7H2,1H3,(H,12,15)(H,16,17)(H2,13,14,18). The van der Waals surface area contributed by atoms with E-state index >= 15 is 0 Å². The highest BCUT2D eigenvalue weighted by Crippen LogP contribution is 2.34. The van der Waals surface area contributed by atoms with Gasteiger partial charge in [-0.2, -0.15) is 0 Å². The molecule has 0 aromatic heterocycles. The van der Waals surface area contributed by atoms with Gasteiger partial charge in [-0.05, 0) is 19.3 Å². The molecule has 102 valence electrons. The lowest BCUT2D eigenvalue weighted by Gasteiger charge is -2.41. The molecule has 0 aromatic rings. The van der Waals surface area contributed by atoms with Crippen LogP contribution in [0.25, 0.3) is 0 Å². The molecule has 7 nitrogen and oxygen atoms in total. The number of aliphatic carboxylic acids is 1. The van der Waals surface area contributed by atoms with Crippen LogP contribution in [0, 0.1) is 0 Å². The zero-order valence-electron chi connectivity index (χ0n) is 10.4. The van der Waals surface area contributed by atoms with E-state index in [1.807, 2.05) is 0 Å². The van der Waals surface area contributed by atoms with E-state index in [-0.39, 0.29) is 18.4 Å². The normalized spacial score (nSPS) is 16.3. The van der Waals surface area contributed by atoms with Gasteiger partial charge in [-0.25, -0.2) is 4.79 Å². The van der Waals surface area contributed by atoms with Crippen molar-refractivity contribution in [3.8, 4) is 0 Å². The highest BCUT2D eigenvalue weighted by Gasteiger charge is 2.40. The second-order valence-corrected chi connectivity index (χ2v) is 4.57. The molecule has 1 aliphatic carbocycles. The van der Waals surface area contributed by atoms with Gasteiger partial charge in [0.2, 0.25) is 5.91 Å². The molecule has 0 aromatic carbocycles. The van der Waals surface area contributed by atoms with Crippen LogP contribution >= 0.6 is 0 Å². The molecule has 3 amide bonds. The van der Waals surface area contributed by atoms with Crippen molar-refractivity contribution in [1.82, 2.24) is 16.0 Å². The van der Waals surface area contributed by atoms with Crippen molar-refractivity contribution in [3.63, 3.8) is 0 Å². The number of urea groups is 1. The van der Waals surface area contributed by atoms with Crippen LogP contribution in [-0.2, 0) is 9.59 Å². The molecule has 0 unspecified atom stereocenters. The van der Waals surface area contributed by atoms with Gasteiger partial charge in [0.1, 0.15) is 0 Å². The number of amides is 3. The fourth-order valence-corrected chi connectivity index (χ4v) is 1.94. The summed E-state index contributed by atoms with van der Waals surface area (Å²) in [4.78, 5) is 32.8. The van der Waals surface area contributed by atoms with E-state index in [1.54, 1.807) is 0 Å². The van der Waals surface area contributed by atoms with Crippen LogP contribution in [0.15, 0.2) is 0 Å². The lowest BCUT2D eigenvalue weighted by molar-refractivity contribution is -0.139. The summed E-state index contributed by atoms with van der Waals surface area (Å²) in [7, 11) is 0. The number of nitrogens with one attached hydrogen (secondary N) is 3. The third kappa shape index (κ3) is 4.60. The quantitative estimate of drug-likeness (QED) is 0.495. The van der Waals surface area contributed by atoms with Crippen LogP contribution in [0.3, 0.4) is 0 Å². The lowest BCUT2D eigenvalue weighted by Crippen LogP contribution is -2.57. The van der Waals surface area contributed by atoms with Crippen molar-refractivity contribution in [2.24, 2.45) is 0 Å². The highest BCUT2D eigenvalue weighted by molar-refractivity contribution is 5.77. The van der Waals surface area contributed by atoms with Crippen molar-refractivity contribution in [2.45, 2.75) is 38.1 Å². The van der Waals surface area contributed by atoms with E-state index in [0.29, 0.717) is 25.9 Å². The molecule has 0 atom stereocenters. The van der Waals surface area contributed by atoms with E-state index < -0.39 is 11.5 Å². The van der Waals surface area contributed by atoms with Gasteiger partial charge >= 0.3 is 12.0 Å². The summed E-state index contributed by atoms with van der Waals surface area (Å²) in [6, 6.07) is -0.388. The largest absolute Gasteiger partial charge is 0.481 e. The van der Waals surface area contributed by atoms with E-state index in [4.69, 9.17) is 5.11 Å². The molecule has 0 spiro atoms. The first kappa shape index (κ1) is 14.3. The molecule has 1 saturated carbocycles. The van der Waals surface area contributed by atoms with Crippen LogP contribution in [0.2, 0.25) is 0 Å². The molecule has 0 radical (unpaired) electrons. The molecule has 1 aliphatic rings. The lowest BCUT2D eigenvalue weighted by atomic mass is 9.74. The minimum atomic E-state index is -0.909. The Kier molecular flexibility index (Phi) is 4.94. The molecule has 7 heteroatoms. The number of carbonyl (C=O) groups is 3. The third-order valence-electron chi connectivity index (χ3n) is 2.96. The van der Waals surface area contributed by atoms with E-state index in [1.165, 1.54) is 6.92 Å².